The number of hydrogen-bond acceptors (Lipinski definition) is 7. The molecule has 9 nitrogen and oxygen atoms in total. The Labute approximate surface area is 218 Å². The number of likely N-dealkylation sites (N-methyl/N-ethyl adjacent to an activating group) is 1. The molecule has 0 aliphatic carbocycles. The third-order valence-corrected chi connectivity index (χ3v) is 6.31. The van der Waals surface area contributed by atoms with E-state index in [9.17, 15) is 18.8 Å². The molecule has 2 aromatic heterocycles. The van der Waals surface area contributed by atoms with Gasteiger partial charge in [0.2, 0.25) is 5.91 Å². The van der Waals surface area contributed by atoms with E-state index in [2.05, 4.69) is 20.0 Å². The van der Waals surface area contributed by atoms with Gasteiger partial charge in [-0.2, -0.15) is 0 Å². The summed E-state index contributed by atoms with van der Waals surface area (Å²) in [6, 6.07) is 7.44. The number of fused-ring (bicyclic) bond motifs is 1. The van der Waals surface area contributed by atoms with Gasteiger partial charge in [-0.25, -0.2) is 14.2 Å². The summed E-state index contributed by atoms with van der Waals surface area (Å²) in [6.45, 7) is -0.104. The number of nitrogens with one attached hydrogen (secondary N) is 1. The first-order valence-electron chi connectivity index (χ1n) is 11.7. The van der Waals surface area contributed by atoms with E-state index in [1.807, 2.05) is 0 Å². The number of methoxy groups -OCH3 is 1. The lowest BCUT2D eigenvalue weighted by atomic mass is 10.1. The van der Waals surface area contributed by atoms with E-state index >= 15 is 0 Å². The van der Waals surface area contributed by atoms with Crippen molar-refractivity contribution >= 4 is 46.2 Å². The molecule has 0 fully saturated rings. The highest BCUT2D eigenvalue weighted by atomic mass is 35.5. The predicted octanol–water partition coefficient (Wildman–Crippen LogP) is 4.77. The molecule has 0 bridgehead atoms. The van der Waals surface area contributed by atoms with Crippen molar-refractivity contribution in [2.45, 2.75) is 38.1 Å². The lowest BCUT2D eigenvalue weighted by molar-refractivity contribution is -0.140. The highest BCUT2D eigenvalue weighted by Crippen LogP contribution is 2.22. The molecule has 2 amide bonds. The van der Waals surface area contributed by atoms with Crippen LogP contribution in [0.1, 0.15) is 31.2 Å². The van der Waals surface area contributed by atoms with Gasteiger partial charge in [0.05, 0.1) is 18.2 Å². The van der Waals surface area contributed by atoms with Crippen LogP contribution < -0.4 is 5.32 Å². The summed E-state index contributed by atoms with van der Waals surface area (Å²) < 4.78 is 23.8. The van der Waals surface area contributed by atoms with Crippen molar-refractivity contribution in [1.82, 2.24) is 14.9 Å². The molecule has 0 spiro atoms. The Kier molecular flexibility index (Phi) is 10.1. The maximum atomic E-state index is 13.7. The van der Waals surface area contributed by atoms with Gasteiger partial charge in [0, 0.05) is 43.9 Å². The van der Waals surface area contributed by atoms with Crippen LogP contribution in [-0.2, 0) is 25.5 Å². The van der Waals surface area contributed by atoms with Crippen LogP contribution in [-0.4, -0.2) is 59.6 Å². The number of rotatable bonds is 11. The van der Waals surface area contributed by atoms with Crippen LogP contribution in [0.2, 0.25) is 5.02 Å². The molecule has 3 rings (SSSR count). The first kappa shape index (κ1) is 27.8. The second-order valence-corrected chi connectivity index (χ2v) is 8.73. The van der Waals surface area contributed by atoms with E-state index in [4.69, 9.17) is 16.3 Å². The van der Waals surface area contributed by atoms with Gasteiger partial charge in [-0.3, -0.25) is 19.9 Å². The summed E-state index contributed by atoms with van der Waals surface area (Å²) in [5, 5.41) is 4.25. The highest BCUT2D eigenvalue weighted by molar-refractivity contribution is 6.31. The van der Waals surface area contributed by atoms with Crippen molar-refractivity contribution in [1.29, 1.82) is 0 Å². The SMILES string of the molecule is COC(=O)CCC[C@@H](COC(=O)Nc1cc2ccncc2cn1)N(C)C(=O)CCc1cccc(F)c1Cl. The van der Waals surface area contributed by atoms with E-state index in [0.29, 0.717) is 24.2 Å². The number of carbonyl (C=O) groups excluding carboxylic acids is 3. The number of halogens is 2. The summed E-state index contributed by atoms with van der Waals surface area (Å²) in [5.74, 6) is -0.845. The molecule has 11 heteroatoms. The summed E-state index contributed by atoms with van der Waals surface area (Å²) >= 11 is 6.00. The van der Waals surface area contributed by atoms with Crippen LogP contribution in [0.5, 0.6) is 0 Å². The molecule has 196 valence electrons. The van der Waals surface area contributed by atoms with Gasteiger partial charge in [0.25, 0.3) is 0 Å². The third kappa shape index (κ3) is 8.11. The van der Waals surface area contributed by atoms with Crippen molar-refractivity contribution in [3.05, 3.63) is 65.3 Å². The number of aryl methyl sites for hydroxylation is 1. The Balaban J connectivity index is 1.60. The Hall–Kier alpha value is -3.79. The molecule has 1 atom stereocenters. The average molecular weight is 531 g/mol. The van der Waals surface area contributed by atoms with Crippen LogP contribution in [0, 0.1) is 5.82 Å². The lowest BCUT2D eigenvalue weighted by Gasteiger charge is -2.28. The van der Waals surface area contributed by atoms with Crippen LogP contribution in [0.3, 0.4) is 0 Å². The van der Waals surface area contributed by atoms with E-state index in [1.54, 1.807) is 43.8 Å². The van der Waals surface area contributed by atoms with E-state index < -0.39 is 18.0 Å². The van der Waals surface area contributed by atoms with Gasteiger partial charge in [-0.05, 0) is 48.4 Å². The Morgan fingerprint density at radius 1 is 1.16 bits per heavy atom. The van der Waals surface area contributed by atoms with Crippen LogP contribution in [0.25, 0.3) is 10.8 Å². The number of amides is 2. The van der Waals surface area contributed by atoms with E-state index in [0.717, 1.165) is 10.8 Å². The van der Waals surface area contributed by atoms with Crippen LogP contribution in [0.4, 0.5) is 15.0 Å². The summed E-state index contributed by atoms with van der Waals surface area (Å²) in [5.41, 5.74) is 0.528. The fourth-order valence-corrected chi connectivity index (χ4v) is 3.92. The Morgan fingerprint density at radius 2 is 1.97 bits per heavy atom. The monoisotopic (exact) mass is 530 g/mol. The van der Waals surface area contributed by atoms with Gasteiger partial charge in [0.15, 0.2) is 0 Å². The number of hydrogen-bond donors (Lipinski definition) is 1. The Bertz CT molecular complexity index is 1260. The van der Waals surface area contributed by atoms with Gasteiger partial charge in [0.1, 0.15) is 18.2 Å². The normalized spacial score (nSPS) is 11.6. The first-order valence-corrected chi connectivity index (χ1v) is 12.0. The number of esters is 1. The number of ether oxygens (including phenoxy) is 2. The second kappa shape index (κ2) is 13.5. The number of nitrogens with zero attached hydrogens (tertiary/aromatic N) is 3. The summed E-state index contributed by atoms with van der Waals surface area (Å²) in [7, 11) is 2.90. The predicted molar refractivity (Wildman–Crippen MR) is 137 cm³/mol. The standard InChI is InChI=1S/C26H28ClFN4O5/c1-32(23(33)10-9-17-5-3-7-21(28)25(17)27)20(6-4-8-24(34)36-2)16-37-26(35)31-22-13-18-11-12-29-14-19(18)15-30-22/h3,5,7,11-15,20H,4,6,8-10,16H2,1-2H3,(H,30,31,35)/t20-/m0/s1. The molecule has 0 aliphatic rings. The zero-order valence-electron chi connectivity index (χ0n) is 20.6. The quantitative estimate of drug-likeness (QED) is 0.355. The third-order valence-electron chi connectivity index (χ3n) is 5.89. The summed E-state index contributed by atoms with van der Waals surface area (Å²) in [6.07, 6.45) is 5.47. The minimum absolute atomic E-state index is 0.00820. The minimum Gasteiger partial charge on any atom is -0.469 e. The zero-order valence-corrected chi connectivity index (χ0v) is 21.3. The largest absolute Gasteiger partial charge is 0.469 e. The molecule has 0 unspecified atom stereocenters. The van der Waals surface area contributed by atoms with E-state index in [-0.39, 0.29) is 42.8 Å². The minimum atomic E-state index is -0.730. The number of carbonyl (C=O) groups is 3. The van der Waals surface area contributed by atoms with Crippen molar-refractivity contribution < 1.29 is 28.2 Å². The number of benzene rings is 1. The van der Waals surface area contributed by atoms with Crippen LogP contribution in [0.15, 0.2) is 48.9 Å². The zero-order chi connectivity index (χ0) is 26.8. The maximum Gasteiger partial charge on any atom is 0.412 e. The van der Waals surface area contributed by atoms with Gasteiger partial charge < -0.3 is 14.4 Å². The maximum absolute atomic E-state index is 13.7. The fourth-order valence-electron chi connectivity index (χ4n) is 3.70. The molecule has 1 N–H and O–H groups in total. The second-order valence-electron chi connectivity index (χ2n) is 8.36. The molecule has 37 heavy (non-hydrogen) atoms. The van der Waals surface area contributed by atoms with Gasteiger partial charge in [-0.1, -0.05) is 23.7 Å². The molecular weight excluding hydrogens is 503 g/mol. The molecule has 0 aliphatic heterocycles. The Morgan fingerprint density at radius 3 is 2.76 bits per heavy atom. The highest BCUT2D eigenvalue weighted by Gasteiger charge is 2.22. The number of pyridine rings is 2. The van der Waals surface area contributed by atoms with Crippen molar-refractivity contribution in [2.75, 3.05) is 26.1 Å². The van der Waals surface area contributed by atoms with Crippen molar-refractivity contribution in [3.63, 3.8) is 0 Å². The first-order chi connectivity index (χ1) is 17.8. The van der Waals surface area contributed by atoms with Gasteiger partial charge in [-0.15, -0.1) is 0 Å². The molecule has 2 heterocycles. The molecule has 1 aromatic carbocycles. The average Bonchev–Trinajstić information content (AvgIpc) is 2.90. The fraction of sp³-hybridized carbons (Fsp3) is 0.346. The van der Waals surface area contributed by atoms with E-state index in [1.165, 1.54) is 24.1 Å². The summed E-state index contributed by atoms with van der Waals surface area (Å²) in [4.78, 5) is 46.5. The van der Waals surface area contributed by atoms with Crippen molar-refractivity contribution in [2.24, 2.45) is 0 Å². The topological polar surface area (TPSA) is 111 Å². The molecular formula is C26H28ClFN4O5. The van der Waals surface area contributed by atoms with Crippen molar-refractivity contribution in [3.8, 4) is 0 Å². The van der Waals surface area contributed by atoms with Gasteiger partial charge >= 0.3 is 12.1 Å². The molecule has 3 aromatic rings. The molecule has 0 saturated heterocycles. The number of anilines is 1. The lowest BCUT2D eigenvalue weighted by Crippen LogP contribution is -2.41. The number of aromatic nitrogens is 2. The van der Waals surface area contributed by atoms with Crippen LogP contribution >= 0.6 is 11.6 Å². The molecule has 0 radical (unpaired) electrons. The molecule has 0 saturated carbocycles. The smallest absolute Gasteiger partial charge is 0.412 e.